The quantitative estimate of drug-likeness (QED) is 0.539. The fraction of sp³-hybridized carbons (Fsp3) is 0.286. The lowest BCUT2D eigenvalue weighted by Crippen LogP contribution is -2.31. The van der Waals surface area contributed by atoms with Gasteiger partial charge in [-0.2, -0.15) is 5.10 Å². The molecular weight excluding hydrogens is 372 g/mol. The van der Waals surface area contributed by atoms with Crippen LogP contribution in [0.3, 0.4) is 0 Å². The monoisotopic (exact) mass is 396 g/mol. The summed E-state index contributed by atoms with van der Waals surface area (Å²) in [5.74, 6) is 1.33. The molecule has 1 amide bonds. The van der Waals surface area contributed by atoms with Gasteiger partial charge < -0.3 is 9.64 Å². The van der Waals surface area contributed by atoms with E-state index in [1.165, 1.54) is 18.1 Å². The molecule has 1 heterocycles. The first-order valence-corrected chi connectivity index (χ1v) is 10.1. The predicted octanol–water partition coefficient (Wildman–Crippen LogP) is 3.98. The van der Waals surface area contributed by atoms with E-state index < -0.39 is 0 Å². The average molecular weight is 397 g/mol. The van der Waals surface area contributed by atoms with Gasteiger partial charge in [-0.1, -0.05) is 12.1 Å². The van der Waals surface area contributed by atoms with Crippen molar-refractivity contribution in [1.29, 1.82) is 0 Å². The molecule has 146 valence electrons. The van der Waals surface area contributed by atoms with Gasteiger partial charge in [0, 0.05) is 11.9 Å². The van der Waals surface area contributed by atoms with Crippen LogP contribution in [0.1, 0.15) is 25.5 Å². The van der Waals surface area contributed by atoms with Crippen LogP contribution < -0.4 is 4.74 Å². The highest BCUT2D eigenvalue weighted by Crippen LogP contribution is 2.24. The Morgan fingerprint density at radius 2 is 1.89 bits per heavy atom. The van der Waals surface area contributed by atoms with Gasteiger partial charge in [-0.15, -0.1) is 11.8 Å². The lowest BCUT2D eigenvalue weighted by atomic mass is 10.1. The van der Waals surface area contributed by atoms with Crippen molar-refractivity contribution in [3.8, 4) is 11.4 Å². The van der Waals surface area contributed by atoms with Gasteiger partial charge >= 0.3 is 0 Å². The van der Waals surface area contributed by atoms with Gasteiger partial charge in [0.1, 0.15) is 18.4 Å². The zero-order chi connectivity index (χ0) is 19.9. The highest BCUT2D eigenvalue weighted by molar-refractivity contribution is 8.00. The van der Waals surface area contributed by atoms with Gasteiger partial charge in [0.15, 0.2) is 0 Å². The maximum atomic E-state index is 12.6. The van der Waals surface area contributed by atoms with Gasteiger partial charge in [0.05, 0.1) is 24.1 Å². The SMILES string of the molecule is CCOc1ccc(SCC(=O)N(C)C(C)c2ccc(-n3cncn3)cc2)cc1. The van der Waals surface area contributed by atoms with Crippen LogP contribution in [0.25, 0.3) is 5.69 Å². The van der Waals surface area contributed by atoms with Crippen molar-refractivity contribution in [1.82, 2.24) is 19.7 Å². The number of nitrogens with zero attached hydrogens (tertiary/aromatic N) is 4. The maximum absolute atomic E-state index is 12.6. The Balaban J connectivity index is 1.56. The van der Waals surface area contributed by atoms with Crippen LogP contribution in [0.5, 0.6) is 5.75 Å². The molecule has 3 rings (SSSR count). The normalized spacial score (nSPS) is 11.8. The summed E-state index contributed by atoms with van der Waals surface area (Å²) in [5.41, 5.74) is 2.01. The van der Waals surface area contributed by atoms with Crippen molar-refractivity contribution in [3.63, 3.8) is 0 Å². The van der Waals surface area contributed by atoms with Crippen LogP contribution in [-0.2, 0) is 4.79 Å². The fourth-order valence-corrected chi connectivity index (χ4v) is 3.55. The first-order valence-electron chi connectivity index (χ1n) is 9.14. The Morgan fingerprint density at radius 3 is 2.50 bits per heavy atom. The number of aromatic nitrogens is 3. The van der Waals surface area contributed by atoms with Crippen LogP contribution in [0.15, 0.2) is 66.1 Å². The van der Waals surface area contributed by atoms with Gasteiger partial charge in [-0.3, -0.25) is 4.79 Å². The molecule has 0 radical (unpaired) electrons. The highest BCUT2D eigenvalue weighted by atomic mass is 32.2. The van der Waals surface area contributed by atoms with E-state index in [-0.39, 0.29) is 11.9 Å². The summed E-state index contributed by atoms with van der Waals surface area (Å²) in [4.78, 5) is 19.4. The summed E-state index contributed by atoms with van der Waals surface area (Å²) in [5, 5.41) is 4.12. The molecule has 1 unspecified atom stereocenters. The molecule has 28 heavy (non-hydrogen) atoms. The van der Waals surface area contributed by atoms with Crippen molar-refractivity contribution in [3.05, 3.63) is 66.7 Å². The van der Waals surface area contributed by atoms with E-state index in [9.17, 15) is 4.79 Å². The molecule has 0 saturated carbocycles. The molecule has 0 spiro atoms. The van der Waals surface area contributed by atoms with E-state index in [0.717, 1.165) is 21.9 Å². The number of thioether (sulfide) groups is 1. The van der Waals surface area contributed by atoms with Crippen LogP contribution >= 0.6 is 11.8 Å². The molecule has 6 nitrogen and oxygen atoms in total. The molecule has 1 atom stereocenters. The minimum absolute atomic E-state index is 0.0155. The van der Waals surface area contributed by atoms with Crippen LogP contribution in [0.4, 0.5) is 0 Å². The molecule has 0 aliphatic carbocycles. The molecule has 7 heteroatoms. The molecule has 3 aromatic rings. The number of carbonyl (C=O) groups is 1. The first-order chi connectivity index (χ1) is 13.6. The third kappa shape index (κ3) is 4.92. The molecular formula is C21H24N4O2S. The van der Waals surface area contributed by atoms with Crippen LogP contribution in [0, 0.1) is 0 Å². The Kier molecular flexibility index (Phi) is 6.71. The molecule has 0 N–H and O–H groups in total. The summed E-state index contributed by atoms with van der Waals surface area (Å²) < 4.78 is 7.15. The van der Waals surface area contributed by atoms with E-state index in [1.807, 2.05) is 69.4 Å². The second kappa shape index (κ2) is 9.41. The Hall–Kier alpha value is -2.80. The summed E-state index contributed by atoms with van der Waals surface area (Å²) in [7, 11) is 1.84. The van der Waals surface area contributed by atoms with Crippen molar-refractivity contribution in [2.24, 2.45) is 0 Å². The zero-order valence-electron chi connectivity index (χ0n) is 16.3. The van der Waals surface area contributed by atoms with E-state index in [4.69, 9.17) is 4.74 Å². The van der Waals surface area contributed by atoms with E-state index in [1.54, 1.807) is 15.9 Å². The molecule has 1 aromatic heterocycles. The topological polar surface area (TPSA) is 60.2 Å². The number of hydrogen-bond donors (Lipinski definition) is 0. The summed E-state index contributed by atoms with van der Waals surface area (Å²) in [6.07, 6.45) is 3.16. The van der Waals surface area contributed by atoms with Crippen molar-refractivity contribution >= 4 is 17.7 Å². The number of amides is 1. The summed E-state index contributed by atoms with van der Waals surface area (Å²) in [6, 6.07) is 15.8. The largest absolute Gasteiger partial charge is 0.494 e. The highest BCUT2D eigenvalue weighted by Gasteiger charge is 2.17. The van der Waals surface area contributed by atoms with Crippen molar-refractivity contribution < 1.29 is 9.53 Å². The van der Waals surface area contributed by atoms with E-state index in [2.05, 4.69) is 10.1 Å². The number of carbonyl (C=O) groups excluding carboxylic acids is 1. The Bertz CT molecular complexity index is 880. The Morgan fingerprint density at radius 1 is 1.18 bits per heavy atom. The Labute approximate surface area is 169 Å². The molecule has 0 aliphatic heterocycles. The van der Waals surface area contributed by atoms with Gasteiger partial charge in [-0.25, -0.2) is 9.67 Å². The molecule has 0 bridgehead atoms. The molecule has 0 fully saturated rings. The van der Waals surface area contributed by atoms with E-state index >= 15 is 0 Å². The maximum Gasteiger partial charge on any atom is 0.233 e. The number of hydrogen-bond acceptors (Lipinski definition) is 5. The minimum Gasteiger partial charge on any atom is -0.494 e. The lowest BCUT2D eigenvalue weighted by molar-refractivity contribution is -0.128. The van der Waals surface area contributed by atoms with E-state index in [0.29, 0.717) is 12.4 Å². The summed E-state index contributed by atoms with van der Waals surface area (Å²) >= 11 is 1.53. The molecule has 0 saturated heterocycles. The third-order valence-corrected chi connectivity index (χ3v) is 5.53. The van der Waals surface area contributed by atoms with Crippen molar-refractivity contribution in [2.75, 3.05) is 19.4 Å². The lowest BCUT2D eigenvalue weighted by Gasteiger charge is -2.25. The molecule has 0 aliphatic rings. The smallest absolute Gasteiger partial charge is 0.233 e. The number of ether oxygens (including phenoxy) is 1. The van der Waals surface area contributed by atoms with Gasteiger partial charge in [-0.05, 0) is 55.8 Å². The van der Waals surface area contributed by atoms with Crippen LogP contribution in [0.2, 0.25) is 0 Å². The first kappa shape index (κ1) is 19.9. The van der Waals surface area contributed by atoms with Gasteiger partial charge in [0.25, 0.3) is 0 Å². The standard InChI is InChI=1S/C21H24N4O2S/c1-4-27-19-9-11-20(12-10-19)28-13-21(26)24(3)16(2)17-5-7-18(8-6-17)25-15-22-14-23-25/h5-12,14-16H,4,13H2,1-3H3. The summed E-state index contributed by atoms with van der Waals surface area (Å²) in [6.45, 7) is 4.64. The fourth-order valence-electron chi connectivity index (χ4n) is 2.73. The van der Waals surface area contributed by atoms with Crippen molar-refractivity contribution in [2.45, 2.75) is 24.8 Å². The zero-order valence-corrected chi connectivity index (χ0v) is 17.1. The predicted molar refractivity (Wildman–Crippen MR) is 111 cm³/mol. The molecule has 2 aromatic carbocycles. The average Bonchev–Trinajstić information content (AvgIpc) is 3.27. The third-order valence-electron chi connectivity index (χ3n) is 4.53. The number of rotatable bonds is 8. The minimum atomic E-state index is -0.0155. The van der Waals surface area contributed by atoms with Gasteiger partial charge in [0.2, 0.25) is 5.91 Å². The second-order valence-electron chi connectivity index (χ2n) is 6.31. The number of benzene rings is 2. The van der Waals surface area contributed by atoms with Crippen LogP contribution in [-0.4, -0.2) is 45.0 Å². The second-order valence-corrected chi connectivity index (χ2v) is 7.35.